The smallest absolute Gasteiger partial charge is 0.414 e. The van der Waals surface area contributed by atoms with Crippen molar-refractivity contribution in [3.8, 4) is 5.75 Å². The number of aliphatic hydroxyl groups is 1. The number of aromatic amines is 1. The number of likely N-dealkylation sites (tertiary alicyclic amines) is 1. The number of nitrogens with zero attached hydrogens (tertiary/aromatic N) is 1. The van der Waals surface area contributed by atoms with E-state index in [0.29, 0.717) is 25.1 Å². The number of thiophene rings is 1. The van der Waals surface area contributed by atoms with Crippen molar-refractivity contribution in [3.63, 3.8) is 0 Å². The lowest BCUT2D eigenvalue weighted by Crippen LogP contribution is -2.45. The van der Waals surface area contributed by atoms with Crippen LogP contribution in [0.1, 0.15) is 36.1 Å². The summed E-state index contributed by atoms with van der Waals surface area (Å²) in [5.41, 5.74) is 2.38. The van der Waals surface area contributed by atoms with E-state index in [2.05, 4.69) is 48.0 Å². The zero-order valence-corrected chi connectivity index (χ0v) is 21.7. The number of β-amino-alcohol motifs (C(OH)–C–C–N with tert-alkyl or cyclic N) is 1. The third-order valence-electron chi connectivity index (χ3n) is 6.73. The summed E-state index contributed by atoms with van der Waals surface area (Å²) >= 11 is 1.95. The zero-order chi connectivity index (χ0) is 26.5. The number of ether oxygens (including phenoxy) is 1. The maximum Gasteiger partial charge on any atom is 0.414 e. The molecule has 37 heavy (non-hydrogen) atoms. The van der Waals surface area contributed by atoms with Gasteiger partial charge in [0.2, 0.25) is 0 Å². The van der Waals surface area contributed by atoms with Crippen LogP contribution >= 0.6 is 11.3 Å². The summed E-state index contributed by atoms with van der Waals surface area (Å²) in [4.78, 5) is 25.3. The molecular weight excluding hydrogens is 492 g/mol. The minimum atomic E-state index is -1.82. The van der Waals surface area contributed by atoms with Gasteiger partial charge < -0.3 is 25.0 Å². The summed E-state index contributed by atoms with van der Waals surface area (Å²) in [6.07, 6.45) is 3.70. The van der Waals surface area contributed by atoms with Crippen molar-refractivity contribution >= 4 is 44.3 Å². The van der Waals surface area contributed by atoms with Crippen LogP contribution in [-0.4, -0.2) is 69.0 Å². The number of H-pyrrole nitrogens is 1. The molecule has 0 unspecified atom stereocenters. The van der Waals surface area contributed by atoms with E-state index in [9.17, 15) is 5.11 Å². The first-order chi connectivity index (χ1) is 17.7. The highest BCUT2D eigenvalue weighted by atomic mass is 32.1. The zero-order valence-electron chi connectivity index (χ0n) is 20.9. The molecule has 196 valence electrons. The predicted octanol–water partition coefficient (Wildman–Crippen LogP) is 4.85. The van der Waals surface area contributed by atoms with Gasteiger partial charge in [0.15, 0.2) is 0 Å². The summed E-state index contributed by atoms with van der Waals surface area (Å²) in [5, 5.41) is 27.8. The van der Waals surface area contributed by atoms with E-state index >= 15 is 0 Å². The maximum absolute atomic E-state index is 10.6. The number of carboxylic acid groups (broad SMARTS) is 2. The molecule has 0 radical (unpaired) electrons. The Kier molecular flexibility index (Phi) is 8.48. The highest BCUT2D eigenvalue weighted by Crippen LogP contribution is 2.38. The van der Waals surface area contributed by atoms with E-state index in [1.54, 1.807) is 0 Å². The quantitative estimate of drug-likeness (QED) is 0.266. The number of aliphatic carboxylic acids is 2. The highest BCUT2D eigenvalue weighted by molar-refractivity contribution is 7.19. The molecule has 3 atom stereocenters. The Hall–Kier alpha value is -3.40. The van der Waals surface area contributed by atoms with Gasteiger partial charge in [-0.05, 0) is 80.4 Å². The molecule has 1 aliphatic rings. The van der Waals surface area contributed by atoms with E-state index in [0.717, 1.165) is 36.0 Å². The number of aryl methyl sites for hydroxylation is 1. The van der Waals surface area contributed by atoms with E-state index in [4.69, 9.17) is 24.5 Å². The van der Waals surface area contributed by atoms with Gasteiger partial charge in [-0.25, -0.2) is 9.59 Å². The van der Waals surface area contributed by atoms with Crippen molar-refractivity contribution in [3.05, 3.63) is 65.2 Å². The Morgan fingerprint density at radius 1 is 1.16 bits per heavy atom. The summed E-state index contributed by atoms with van der Waals surface area (Å²) in [5.74, 6) is -2.21. The molecule has 0 spiro atoms. The van der Waals surface area contributed by atoms with Gasteiger partial charge >= 0.3 is 11.9 Å². The Morgan fingerprint density at radius 2 is 1.95 bits per heavy atom. The molecule has 9 heteroatoms. The van der Waals surface area contributed by atoms with Crippen molar-refractivity contribution < 1.29 is 29.6 Å². The SMILES string of the molecule is Cc1ccc2cc([C@@H]3CCN(C[C@H](O)COc4cccc5[nH]ccc45)[C@H](C)C3)sc2c1.O=C(O)C(=O)O. The number of hydrogen-bond donors (Lipinski definition) is 4. The van der Waals surface area contributed by atoms with Crippen molar-refractivity contribution in [1.82, 2.24) is 9.88 Å². The number of carboxylic acids is 2. The van der Waals surface area contributed by atoms with Crippen LogP contribution in [0.2, 0.25) is 0 Å². The number of aromatic nitrogens is 1. The average molecular weight is 525 g/mol. The Morgan fingerprint density at radius 3 is 2.68 bits per heavy atom. The van der Waals surface area contributed by atoms with Crippen molar-refractivity contribution in [1.29, 1.82) is 0 Å². The number of piperidine rings is 1. The molecule has 4 N–H and O–H groups in total. The monoisotopic (exact) mass is 524 g/mol. The first kappa shape index (κ1) is 26.7. The van der Waals surface area contributed by atoms with Crippen LogP contribution in [0.5, 0.6) is 5.75 Å². The molecule has 1 fully saturated rings. The van der Waals surface area contributed by atoms with E-state index in [-0.39, 0.29) is 0 Å². The molecular formula is C28H32N2O6S. The molecule has 2 aromatic carbocycles. The standard InChI is InChI=1S/C26H30N2O2S.C2H2O4/c1-17-6-7-19-14-26(31-25(19)12-17)20-9-11-28(18(2)13-20)15-21(29)16-30-24-5-3-4-23-22(24)8-10-27-23;3-1(4)2(5)6/h3-8,10,12,14,18,20-21,27,29H,9,11,13,15-16H2,1-2H3;(H,3,4)(H,5,6)/t18-,20-,21+;/m1./s1. The number of aliphatic hydroxyl groups excluding tert-OH is 1. The highest BCUT2D eigenvalue weighted by Gasteiger charge is 2.28. The maximum atomic E-state index is 10.6. The predicted molar refractivity (Wildman–Crippen MR) is 145 cm³/mol. The lowest BCUT2D eigenvalue weighted by molar-refractivity contribution is -0.159. The van der Waals surface area contributed by atoms with Crippen LogP contribution in [0.25, 0.3) is 21.0 Å². The average Bonchev–Trinajstić information content (AvgIpc) is 3.51. The minimum Gasteiger partial charge on any atom is -0.490 e. The van der Waals surface area contributed by atoms with E-state index in [1.165, 1.54) is 20.5 Å². The number of rotatable bonds is 6. The summed E-state index contributed by atoms with van der Waals surface area (Å²) in [7, 11) is 0. The molecule has 5 rings (SSSR count). The molecule has 0 saturated carbocycles. The molecule has 1 aliphatic heterocycles. The van der Waals surface area contributed by atoms with Gasteiger partial charge in [-0.3, -0.25) is 4.90 Å². The van der Waals surface area contributed by atoms with Crippen LogP contribution in [0, 0.1) is 6.92 Å². The summed E-state index contributed by atoms with van der Waals surface area (Å²) in [6.45, 7) is 6.43. The second kappa shape index (κ2) is 11.8. The summed E-state index contributed by atoms with van der Waals surface area (Å²) in [6, 6.07) is 17.6. The van der Waals surface area contributed by atoms with Gasteiger partial charge in [-0.2, -0.15) is 0 Å². The van der Waals surface area contributed by atoms with Crippen LogP contribution in [-0.2, 0) is 9.59 Å². The lowest BCUT2D eigenvalue weighted by atomic mass is 9.90. The third-order valence-corrected chi connectivity index (χ3v) is 7.99. The second-order valence-electron chi connectivity index (χ2n) is 9.53. The normalized spacial score (nSPS) is 18.8. The number of benzene rings is 2. The van der Waals surface area contributed by atoms with E-state index < -0.39 is 18.0 Å². The Labute approximate surface area is 219 Å². The second-order valence-corrected chi connectivity index (χ2v) is 10.6. The van der Waals surface area contributed by atoms with Crippen LogP contribution in [0.4, 0.5) is 0 Å². The van der Waals surface area contributed by atoms with Crippen LogP contribution < -0.4 is 4.74 Å². The first-order valence-electron chi connectivity index (χ1n) is 12.3. The molecule has 0 bridgehead atoms. The molecule has 0 aliphatic carbocycles. The fourth-order valence-corrected chi connectivity index (χ4v) is 6.11. The molecule has 4 aromatic rings. The number of hydrogen-bond acceptors (Lipinski definition) is 6. The van der Waals surface area contributed by atoms with Crippen LogP contribution in [0.15, 0.2) is 54.7 Å². The topological polar surface area (TPSA) is 123 Å². The van der Waals surface area contributed by atoms with Crippen molar-refractivity contribution in [2.75, 3.05) is 19.7 Å². The van der Waals surface area contributed by atoms with Gasteiger partial charge in [-0.15, -0.1) is 11.3 Å². The number of carbonyl (C=O) groups is 2. The van der Waals surface area contributed by atoms with Crippen molar-refractivity contribution in [2.24, 2.45) is 0 Å². The Balaban J connectivity index is 0.000000480. The number of nitrogens with one attached hydrogen (secondary N) is 1. The van der Waals surface area contributed by atoms with Gasteiger partial charge in [0.1, 0.15) is 18.5 Å². The third kappa shape index (κ3) is 6.68. The first-order valence-corrected chi connectivity index (χ1v) is 13.1. The van der Waals surface area contributed by atoms with Gasteiger partial charge in [0.25, 0.3) is 0 Å². The van der Waals surface area contributed by atoms with Gasteiger partial charge in [0, 0.05) is 39.3 Å². The number of fused-ring (bicyclic) bond motifs is 2. The molecule has 2 aromatic heterocycles. The Bertz CT molecular complexity index is 1370. The van der Waals surface area contributed by atoms with Crippen LogP contribution in [0.3, 0.4) is 0 Å². The fraction of sp³-hybridized carbons (Fsp3) is 0.357. The fourth-order valence-electron chi connectivity index (χ4n) is 4.80. The van der Waals surface area contributed by atoms with E-state index in [1.807, 2.05) is 41.8 Å². The molecule has 3 heterocycles. The largest absolute Gasteiger partial charge is 0.490 e. The summed E-state index contributed by atoms with van der Waals surface area (Å²) < 4.78 is 7.35. The van der Waals surface area contributed by atoms with Crippen molar-refractivity contribution in [2.45, 2.75) is 44.8 Å². The molecule has 1 saturated heterocycles. The molecule has 8 nitrogen and oxygen atoms in total. The van der Waals surface area contributed by atoms with Gasteiger partial charge in [-0.1, -0.05) is 18.2 Å². The molecule has 0 amide bonds. The lowest BCUT2D eigenvalue weighted by Gasteiger charge is -2.38. The minimum absolute atomic E-state index is 0.312. The van der Waals surface area contributed by atoms with Gasteiger partial charge in [0.05, 0.1) is 0 Å².